The fourth-order valence-corrected chi connectivity index (χ4v) is 4.09. The Bertz CT molecular complexity index is 656. The molecule has 0 aromatic heterocycles. The number of carboxylic acid groups (broad SMARTS) is 1. The van der Waals surface area contributed by atoms with Crippen LogP contribution in [0.5, 0.6) is 0 Å². The second-order valence-corrected chi connectivity index (χ2v) is 7.23. The van der Waals surface area contributed by atoms with E-state index in [9.17, 15) is 18.7 Å². The summed E-state index contributed by atoms with van der Waals surface area (Å²) in [5, 5.41) is 13.4. The van der Waals surface area contributed by atoms with E-state index in [1.54, 1.807) is 30.3 Å². The number of carboxylic acids is 1. The summed E-state index contributed by atoms with van der Waals surface area (Å²) in [5.74, 6) is -4.80. The average molecular weight is 365 g/mol. The summed E-state index contributed by atoms with van der Waals surface area (Å²) in [6.07, 6.45) is 2.10. The Labute approximate surface area is 152 Å². The van der Waals surface area contributed by atoms with E-state index in [1.165, 1.54) is 0 Å². The van der Waals surface area contributed by atoms with Crippen molar-refractivity contribution in [1.82, 2.24) is 5.32 Å². The van der Waals surface area contributed by atoms with E-state index >= 15 is 0 Å². The van der Waals surface area contributed by atoms with Crippen molar-refractivity contribution in [2.75, 3.05) is 13.1 Å². The van der Waals surface area contributed by atoms with Gasteiger partial charge in [0, 0.05) is 18.8 Å². The fraction of sp³-hybridized carbons (Fsp3) is 0.550. The van der Waals surface area contributed by atoms with Crippen LogP contribution in [0.15, 0.2) is 30.8 Å². The maximum atomic E-state index is 13.9. The molecular formula is C20H25F2NO3. The molecule has 142 valence electrons. The van der Waals surface area contributed by atoms with Gasteiger partial charge in [0.15, 0.2) is 5.60 Å². The predicted octanol–water partition coefficient (Wildman–Crippen LogP) is 3.81. The molecule has 2 atom stereocenters. The van der Waals surface area contributed by atoms with E-state index in [4.69, 9.17) is 4.74 Å². The van der Waals surface area contributed by atoms with Gasteiger partial charge in [-0.25, -0.2) is 13.6 Å². The summed E-state index contributed by atoms with van der Waals surface area (Å²) >= 11 is 0. The summed E-state index contributed by atoms with van der Waals surface area (Å²) < 4.78 is 34.0. The van der Waals surface area contributed by atoms with Gasteiger partial charge in [-0.2, -0.15) is 0 Å². The van der Waals surface area contributed by atoms with Crippen molar-refractivity contribution in [3.05, 3.63) is 42.0 Å². The first-order valence-corrected chi connectivity index (χ1v) is 9.10. The van der Waals surface area contributed by atoms with Gasteiger partial charge in [0.05, 0.1) is 6.10 Å². The van der Waals surface area contributed by atoms with E-state index in [0.29, 0.717) is 18.4 Å². The quantitative estimate of drug-likeness (QED) is 0.805. The van der Waals surface area contributed by atoms with E-state index in [2.05, 4.69) is 11.9 Å². The monoisotopic (exact) mass is 365 g/mol. The molecule has 1 aromatic carbocycles. The molecule has 1 aliphatic heterocycles. The van der Waals surface area contributed by atoms with Gasteiger partial charge >= 0.3 is 5.97 Å². The minimum atomic E-state index is -2.84. The Morgan fingerprint density at radius 1 is 1.27 bits per heavy atom. The molecule has 1 saturated heterocycles. The van der Waals surface area contributed by atoms with Gasteiger partial charge in [0.1, 0.15) is 0 Å². The molecule has 0 bridgehead atoms. The SMILES string of the molecule is C=Cc1ccc([C@@](OC2CCNCC2)(C(=O)O)[C@@H]2CCC(F)(F)C2)cc1. The van der Waals surface area contributed by atoms with Crippen molar-refractivity contribution in [2.45, 2.75) is 49.7 Å². The largest absolute Gasteiger partial charge is 0.479 e. The van der Waals surface area contributed by atoms with Crippen LogP contribution < -0.4 is 5.32 Å². The number of hydrogen-bond donors (Lipinski definition) is 2. The van der Waals surface area contributed by atoms with Crippen LogP contribution in [0.2, 0.25) is 0 Å². The first-order chi connectivity index (χ1) is 12.4. The van der Waals surface area contributed by atoms with Crippen molar-refractivity contribution in [3.63, 3.8) is 0 Å². The molecule has 3 rings (SSSR count). The van der Waals surface area contributed by atoms with Crippen molar-refractivity contribution < 1.29 is 23.4 Å². The highest BCUT2D eigenvalue weighted by molar-refractivity contribution is 5.80. The number of alkyl halides is 2. The topological polar surface area (TPSA) is 58.6 Å². The number of hydrogen-bond acceptors (Lipinski definition) is 3. The summed E-state index contributed by atoms with van der Waals surface area (Å²) in [6.45, 7) is 5.16. The number of aliphatic carboxylic acids is 1. The molecule has 0 unspecified atom stereocenters. The molecule has 6 heteroatoms. The lowest BCUT2D eigenvalue weighted by Crippen LogP contribution is -2.49. The van der Waals surface area contributed by atoms with E-state index in [1.807, 2.05) is 0 Å². The first kappa shape index (κ1) is 19.0. The minimum Gasteiger partial charge on any atom is -0.479 e. The zero-order valence-corrected chi connectivity index (χ0v) is 14.7. The van der Waals surface area contributed by atoms with Gasteiger partial charge < -0.3 is 15.2 Å². The van der Waals surface area contributed by atoms with Crippen molar-refractivity contribution in [2.24, 2.45) is 5.92 Å². The Kier molecular flexibility index (Phi) is 5.44. The molecule has 2 fully saturated rings. The highest BCUT2D eigenvalue weighted by Crippen LogP contribution is 2.50. The summed E-state index contributed by atoms with van der Waals surface area (Å²) in [4.78, 5) is 12.4. The van der Waals surface area contributed by atoms with Gasteiger partial charge in [0.2, 0.25) is 5.92 Å². The molecule has 0 radical (unpaired) electrons. The zero-order chi connectivity index (χ0) is 18.8. The third kappa shape index (κ3) is 3.67. The first-order valence-electron chi connectivity index (χ1n) is 9.10. The molecule has 0 amide bonds. The van der Waals surface area contributed by atoms with Gasteiger partial charge in [0.25, 0.3) is 0 Å². The fourth-order valence-electron chi connectivity index (χ4n) is 4.09. The zero-order valence-electron chi connectivity index (χ0n) is 14.7. The Morgan fingerprint density at radius 3 is 2.42 bits per heavy atom. The van der Waals surface area contributed by atoms with Crippen LogP contribution in [0.25, 0.3) is 6.08 Å². The standard InChI is InChI=1S/C20H25F2NO3/c1-2-14-3-5-15(6-4-14)20(18(24)25,16-7-10-19(21,22)13-16)26-17-8-11-23-12-9-17/h2-6,16-17,23H,1,7-13H2,(H,24,25)/t16-,20+/m1/s1. The third-order valence-corrected chi connectivity index (χ3v) is 5.51. The summed E-state index contributed by atoms with van der Waals surface area (Å²) in [6, 6.07) is 6.84. The lowest BCUT2D eigenvalue weighted by molar-refractivity contribution is -0.192. The molecule has 1 aliphatic carbocycles. The minimum absolute atomic E-state index is 0.132. The molecule has 1 heterocycles. The molecule has 1 aromatic rings. The average Bonchev–Trinajstić information content (AvgIpc) is 3.00. The molecular weight excluding hydrogens is 340 g/mol. The number of benzene rings is 1. The highest BCUT2D eigenvalue weighted by Gasteiger charge is 2.56. The van der Waals surface area contributed by atoms with Gasteiger partial charge in [-0.1, -0.05) is 36.9 Å². The number of rotatable bonds is 6. The second-order valence-electron chi connectivity index (χ2n) is 7.23. The number of piperidine rings is 1. The van der Waals surface area contributed by atoms with Crippen LogP contribution in [0.4, 0.5) is 8.78 Å². The number of ether oxygens (including phenoxy) is 1. The normalized spacial score (nSPS) is 25.5. The van der Waals surface area contributed by atoms with Crippen LogP contribution in [0, 0.1) is 5.92 Å². The van der Waals surface area contributed by atoms with Crippen LogP contribution >= 0.6 is 0 Å². The van der Waals surface area contributed by atoms with E-state index in [0.717, 1.165) is 18.7 Å². The lowest BCUT2D eigenvalue weighted by Gasteiger charge is -2.40. The highest BCUT2D eigenvalue weighted by atomic mass is 19.3. The number of halogens is 2. The maximum Gasteiger partial charge on any atom is 0.340 e. The summed E-state index contributed by atoms with van der Waals surface area (Å²) in [5.41, 5.74) is -0.481. The number of carbonyl (C=O) groups is 1. The summed E-state index contributed by atoms with van der Waals surface area (Å²) in [7, 11) is 0. The van der Waals surface area contributed by atoms with Crippen LogP contribution in [0.3, 0.4) is 0 Å². The molecule has 0 spiro atoms. The van der Waals surface area contributed by atoms with Crippen LogP contribution in [-0.4, -0.2) is 36.2 Å². The smallest absolute Gasteiger partial charge is 0.340 e. The molecule has 2 aliphatic rings. The Hall–Kier alpha value is -1.79. The van der Waals surface area contributed by atoms with Crippen molar-refractivity contribution >= 4 is 12.0 Å². The molecule has 2 N–H and O–H groups in total. The lowest BCUT2D eigenvalue weighted by atomic mass is 9.79. The number of nitrogens with one attached hydrogen (secondary N) is 1. The van der Waals surface area contributed by atoms with Crippen LogP contribution in [0.1, 0.15) is 43.2 Å². The molecule has 1 saturated carbocycles. The van der Waals surface area contributed by atoms with Crippen molar-refractivity contribution in [1.29, 1.82) is 0 Å². The predicted molar refractivity (Wildman–Crippen MR) is 95.1 cm³/mol. The maximum absolute atomic E-state index is 13.9. The van der Waals surface area contributed by atoms with E-state index < -0.39 is 29.8 Å². The van der Waals surface area contributed by atoms with Gasteiger partial charge in [-0.05, 0) is 43.5 Å². The Balaban J connectivity index is 2.01. The van der Waals surface area contributed by atoms with Gasteiger partial charge in [-0.3, -0.25) is 0 Å². The van der Waals surface area contributed by atoms with Gasteiger partial charge in [-0.15, -0.1) is 0 Å². The Morgan fingerprint density at radius 2 is 1.92 bits per heavy atom. The molecule has 4 nitrogen and oxygen atoms in total. The van der Waals surface area contributed by atoms with E-state index in [-0.39, 0.29) is 18.9 Å². The third-order valence-electron chi connectivity index (χ3n) is 5.51. The molecule has 26 heavy (non-hydrogen) atoms. The van der Waals surface area contributed by atoms with Crippen molar-refractivity contribution in [3.8, 4) is 0 Å². The van der Waals surface area contributed by atoms with Crippen LogP contribution in [-0.2, 0) is 15.1 Å². The second kappa shape index (κ2) is 7.45.